The highest BCUT2D eigenvalue weighted by Gasteiger charge is 2.74. The number of rotatable bonds is 3. The van der Waals surface area contributed by atoms with Crippen LogP contribution in [0.25, 0.3) is 0 Å². The predicted octanol–water partition coefficient (Wildman–Crippen LogP) is 2.00. The average Bonchev–Trinajstić information content (AvgIpc) is 3.50. The summed E-state index contributed by atoms with van der Waals surface area (Å²) in [7, 11) is 0. The van der Waals surface area contributed by atoms with E-state index in [1.54, 1.807) is 13.0 Å². The number of carbonyl (C=O) groups is 4. The maximum atomic E-state index is 12.8. The second kappa shape index (κ2) is 9.13. The molecular formula is C26H36O10. The maximum absolute atomic E-state index is 12.8. The fraction of sp³-hybridized carbons (Fsp3) is 0.769. The normalized spacial score (nSPS) is 45.3. The van der Waals surface area contributed by atoms with Crippen LogP contribution in [0, 0.1) is 17.3 Å². The Morgan fingerprint density at radius 1 is 1.03 bits per heavy atom. The van der Waals surface area contributed by atoms with Gasteiger partial charge in [0.1, 0.15) is 18.3 Å². The van der Waals surface area contributed by atoms with Crippen LogP contribution in [-0.4, -0.2) is 71.2 Å². The van der Waals surface area contributed by atoms with Gasteiger partial charge in [-0.2, -0.15) is 0 Å². The summed E-state index contributed by atoms with van der Waals surface area (Å²) < 4.78 is 29.2. The van der Waals surface area contributed by atoms with Gasteiger partial charge in [0.2, 0.25) is 0 Å². The van der Waals surface area contributed by atoms with E-state index >= 15 is 0 Å². The molecule has 0 aromatic heterocycles. The second-order valence-electron chi connectivity index (χ2n) is 11.0. The first-order chi connectivity index (χ1) is 16.8. The number of hydrogen-bond donors (Lipinski definition) is 1. The van der Waals surface area contributed by atoms with E-state index in [0.29, 0.717) is 32.3 Å². The van der Waals surface area contributed by atoms with E-state index in [-0.39, 0.29) is 0 Å². The Hall–Kier alpha value is -2.46. The molecule has 0 aromatic rings. The van der Waals surface area contributed by atoms with Crippen LogP contribution in [0.4, 0.5) is 0 Å². The van der Waals surface area contributed by atoms with Crippen molar-refractivity contribution in [1.29, 1.82) is 0 Å². The molecule has 1 saturated carbocycles. The quantitative estimate of drug-likeness (QED) is 0.261. The van der Waals surface area contributed by atoms with Crippen LogP contribution in [0.2, 0.25) is 0 Å². The first-order valence-electron chi connectivity index (χ1n) is 12.5. The van der Waals surface area contributed by atoms with Crippen molar-refractivity contribution < 1.29 is 48.0 Å². The Balaban J connectivity index is 2.00. The third kappa shape index (κ3) is 4.22. The summed E-state index contributed by atoms with van der Waals surface area (Å²) in [5.41, 5.74) is -3.09. The monoisotopic (exact) mass is 508 g/mol. The molecule has 0 unspecified atom stereocenters. The lowest BCUT2D eigenvalue weighted by Crippen LogP contribution is -2.69. The molecule has 2 aliphatic heterocycles. The van der Waals surface area contributed by atoms with Crippen LogP contribution in [0.1, 0.15) is 67.2 Å². The summed E-state index contributed by atoms with van der Waals surface area (Å²) in [6.45, 7) is 9.38. The van der Waals surface area contributed by atoms with Crippen LogP contribution in [-0.2, 0) is 42.9 Å². The van der Waals surface area contributed by atoms with Crippen LogP contribution in [0.5, 0.6) is 0 Å². The Bertz CT molecular complexity index is 983. The molecule has 0 radical (unpaired) electrons. The Morgan fingerprint density at radius 2 is 1.58 bits per heavy atom. The zero-order valence-corrected chi connectivity index (χ0v) is 21.7. The van der Waals surface area contributed by atoms with Gasteiger partial charge in [-0.3, -0.25) is 19.2 Å². The summed E-state index contributed by atoms with van der Waals surface area (Å²) >= 11 is 0. The molecule has 200 valence electrons. The SMILES string of the molecule is CC(=O)O[C@H]1CC/C(C)=C\[C@@H]2OC(=O)[C@H](C)[C@]2(O)[C@@H](OC(C)=O)[C@H]2[C@]3(CC[C@H](OC(C)=O)[C@]12C)CO3. The Labute approximate surface area is 210 Å². The van der Waals surface area contributed by atoms with Crippen LogP contribution < -0.4 is 0 Å². The predicted molar refractivity (Wildman–Crippen MR) is 123 cm³/mol. The standard InChI is InChI=1S/C26H36O10/c1-13-7-8-18(33-15(3)27)24(6)19(34-16(4)28)9-10-25(12-32-25)21(24)22(35-17(5)29)26(31)14(2)23(30)36-20(26)11-13/h11,14,18-22,31H,7-10,12H2,1-6H3/b13-11-/t14-,18-,19-,20-,21+,22-,24-,25-,26+/m0/s1. The van der Waals surface area contributed by atoms with Gasteiger partial charge in [-0.1, -0.05) is 12.5 Å². The number of allylic oxidation sites excluding steroid dienone is 1. The maximum Gasteiger partial charge on any atom is 0.312 e. The topological polar surface area (TPSA) is 138 Å². The molecule has 9 atom stereocenters. The molecule has 36 heavy (non-hydrogen) atoms. The third-order valence-electron chi connectivity index (χ3n) is 8.62. The number of esters is 4. The van der Waals surface area contributed by atoms with Gasteiger partial charge >= 0.3 is 23.9 Å². The minimum absolute atomic E-state index is 0.323. The molecule has 2 saturated heterocycles. The fourth-order valence-electron chi connectivity index (χ4n) is 6.76. The van der Waals surface area contributed by atoms with E-state index in [4.69, 9.17) is 23.7 Å². The molecule has 10 heteroatoms. The summed E-state index contributed by atoms with van der Waals surface area (Å²) in [6, 6.07) is 0. The van der Waals surface area contributed by atoms with Crippen LogP contribution >= 0.6 is 0 Å². The molecule has 2 aliphatic carbocycles. The van der Waals surface area contributed by atoms with E-state index in [0.717, 1.165) is 5.57 Å². The summed E-state index contributed by atoms with van der Waals surface area (Å²) in [5, 5.41) is 12.3. The number of fused-ring (bicyclic) bond motifs is 3. The molecule has 1 spiro atoms. The van der Waals surface area contributed by atoms with Crippen LogP contribution in [0.15, 0.2) is 11.6 Å². The lowest BCUT2D eigenvalue weighted by atomic mass is 9.52. The second-order valence-corrected chi connectivity index (χ2v) is 11.0. The van der Waals surface area contributed by atoms with Crippen molar-refractivity contribution >= 4 is 23.9 Å². The Kier molecular flexibility index (Phi) is 6.75. The number of aliphatic hydroxyl groups is 1. The first-order valence-corrected chi connectivity index (χ1v) is 12.5. The zero-order valence-electron chi connectivity index (χ0n) is 21.7. The van der Waals surface area contributed by atoms with Crippen molar-refractivity contribution in [2.45, 2.75) is 103 Å². The molecule has 10 nitrogen and oxygen atoms in total. The minimum Gasteiger partial charge on any atom is -0.462 e. The number of hydrogen-bond acceptors (Lipinski definition) is 10. The third-order valence-corrected chi connectivity index (χ3v) is 8.62. The fourth-order valence-corrected chi connectivity index (χ4v) is 6.76. The summed E-state index contributed by atoms with van der Waals surface area (Å²) in [6.07, 6.45) is -0.416. The van der Waals surface area contributed by atoms with Gasteiger partial charge in [0.25, 0.3) is 0 Å². The first kappa shape index (κ1) is 26.6. The van der Waals surface area contributed by atoms with Gasteiger partial charge in [-0.15, -0.1) is 0 Å². The van der Waals surface area contributed by atoms with Gasteiger partial charge in [0.05, 0.1) is 23.5 Å². The van der Waals surface area contributed by atoms with Crippen molar-refractivity contribution in [2.75, 3.05) is 6.61 Å². The summed E-state index contributed by atoms with van der Waals surface area (Å²) in [4.78, 5) is 49.8. The van der Waals surface area contributed by atoms with Gasteiger partial charge in [-0.25, -0.2) is 0 Å². The van der Waals surface area contributed by atoms with Crippen LogP contribution in [0.3, 0.4) is 0 Å². The molecule has 3 fully saturated rings. The number of carbonyl (C=O) groups excluding carboxylic acids is 4. The van der Waals surface area contributed by atoms with E-state index in [9.17, 15) is 24.3 Å². The lowest BCUT2D eigenvalue weighted by molar-refractivity contribution is -0.242. The minimum atomic E-state index is -1.94. The highest BCUT2D eigenvalue weighted by molar-refractivity contribution is 5.77. The molecule has 4 rings (SSSR count). The van der Waals surface area contributed by atoms with Gasteiger partial charge in [-0.05, 0) is 45.6 Å². The average molecular weight is 509 g/mol. The van der Waals surface area contributed by atoms with Crippen molar-refractivity contribution in [3.63, 3.8) is 0 Å². The zero-order chi connectivity index (χ0) is 26.6. The van der Waals surface area contributed by atoms with E-state index in [1.807, 2.05) is 13.8 Å². The van der Waals surface area contributed by atoms with Crippen molar-refractivity contribution in [3.8, 4) is 0 Å². The van der Waals surface area contributed by atoms with E-state index in [1.165, 1.54) is 20.8 Å². The highest BCUT2D eigenvalue weighted by atomic mass is 16.6. The molecule has 0 bridgehead atoms. The highest BCUT2D eigenvalue weighted by Crippen LogP contribution is 2.62. The van der Waals surface area contributed by atoms with E-state index < -0.39 is 76.7 Å². The van der Waals surface area contributed by atoms with E-state index in [2.05, 4.69) is 0 Å². The largest absolute Gasteiger partial charge is 0.462 e. The molecule has 4 aliphatic rings. The number of epoxide rings is 1. The summed E-state index contributed by atoms with van der Waals surface area (Å²) in [5.74, 6) is -4.10. The molecular weight excluding hydrogens is 472 g/mol. The Morgan fingerprint density at radius 3 is 2.11 bits per heavy atom. The van der Waals surface area contributed by atoms with Gasteiger partial charge in [0, 0.05) is 26.7 Å². The van der Waals surface area contributed by atoms with Crippen molar-refractivity contribution in [2.24, 2.45) is 17.3 Å². The van der Waals surface area contributed by atoms with Crippen molar-refractivity contribution in [1.82, 2.24) is 0 Å². The van der Waals surface area contributed by atoms with Gasteiger partial charge in [0.15, 0.2) is 11.7 Å². The molecule has 2 heterocycles. The molecule has 0 aromatic carbocycles. The molecule has 1 N–H and O–H groups in total. The molecule has 0 amide bonds. The smallest absolute Gasteiger partial charge is 0.312 e. The van der Waals surface area contributed by atoms with Crippen molar-refractivity contribution in [3.05, 3.63) is 11.6 Å². The number of ether oxygens (including phenoxy) is 5. The van der Waals surface area contributed by atoms with Gasteiger partial charge < -0.3 is 28.8 Å². The lowest BCUT2D eigenvalue weighted by Gasteiger charge is -2.56.